The highest BCUT2D eigenvalue weighted by Crippen LogP contribution is 2.22. The van der Waals surface area contributed by atoms with Gasteiger partial charge in [0.25, 0.3) is 0 Å². The van der Waals surface area contributed by atoms with E-state index in [1.807, 2.05) is 12.1 Å². The van der Waals surface area contributed by atoms with E-state index in [1.165, 1.54) is 5.56 Å². The van der Waals surface area contributed by atoms with Gasteiger partial charge in [0.05, 0.1) is 12.4 Å². The summed E-state index contributed by atoms with van der Waals surface area (Å²) in [6, 6.07) is 8.25. The van der Waals surface area contributed by atoms with Crippen LogP contribution in [0, 0.1) is 0 Å². The number of benzene rings is 1. The molecule has 3 rings (SSSR count). The summed E-state index contributed by atoms with van der Waals surface area (Å²) in [7, 11) is 0. The number of aryl methyl sites for hydroxylation is 1. The van der Waals surface area contributed by atoms with E-state index in [1.54, 1.807) is 16.8 Å². The molecular formula is C13H11ClN4. The zero-order chi connectivity index (χ0) is 12.5. The van der Waals surface area contributed by atoms with Gasteiger partial charge in [-0.1, -0.05) is 42.8 Å². The van der Waals surface area contributed by atoms with E-state index in [0.29, 0.717) is 10.8 Å². The quantitative estimate of drug-likeness (QED) is 0.710. The Bertz CT molecular complexity index is 688. The van der Waals surface area contributed by atoms with Crippen molar-refractivity contribution < 1.29 is 0 Å². The molecule has 0 unspecified atom stereocenters. The van der Waals surface area contributed by atoms with E-state index in [4.69, 9.17) is 11.6 Å². The van der Waals surface area contributed by atoms with Gasteiger partial charge < -0.3 is 0 Å². The van der Waals surface area contributed by atoms with Crippen molar-refractivity contribution >= 4 is 17.2 Å². The Morgan fingerprint density at radius 2 is 1.89 bits per heavy atom. The Morgan fingerprint density at radius 1 is 1.11 bits per heavy atom. The van der Waals surface area contributed by atoms with Crippen LogP contribution >= 0.6 is 11.6 Å². The van der Waals surface area contributed by atoms with Crippen LogP contribution < -0.4 is 0 Å². The smallest absolute Gasteiger partial charge is 0.180 e. The molecule has 0 aliphatic rings. The maximum absolute atomic E-state index is 6.13. The van der Waals surface area contributed by atoms with Crippen molar-refractivity contribution in [2.24, 2.45) is 0 Å². The molecule has 0 aliphatic carbocycles. The molecule has 90 valence electrons. The largest absolute Gasteiger partial charge is 0.262 e. The molecule has 0 spiro atoms. The molecule has 0 radical (unpaired) electrons. The van der Waals surface area contributed by atoms with Gasteiger partial charge in [0.1, 0.15) is 5.15 Å². The zero-order valence-electron chi connectivity index (χ0n) is 9.84. The van der Waals surface area contributed by atoms with E-state index in [0.717, 1.165) is 17.8 Å². The van der Waals surface area contributed by atoms with Gasteiger partial charge in [0.2, 0.25) is 0 Å². The molecular weight excluding hydrogens is 248 g/mol. The molecule has 0 amide bonds. The average Bonchev–Trinajstić information content (AvgIpc) is 2.84. The number of halogens is 1. The van der Waals surface area contributed by atoms with Gasteiger partial charge in [0, 0.05) is 5.56 Å². The highest BCUT2D eigenvalue weighted by Gasteiger charge is 2.10. The third-order valence-corrected chi connectivity index (χ3v) is 3.16. The molecule has 4 nitrogen and oxygen atoms in total. The summed E-state index contributed by atoms with van der Waals surface area (Å²) in [4.78, 5) is 3.99. The average molecular weight is 259 g/mol. The highest BCUT2D eigenvalue weighted by atomic mass is 35.5. The van der Waals surface area contributed by atoms with Crippen LogP contribution in [0.15, 0.2) is 36.7 Å². The van der Waals surface area contributed by atoms with Crippen LogP contribution in [0.3, 0.4) is 0 Å². The topological polar surface area (TPSA) is 43.1 Å². The van der Waals surface area contributed by atoms with Gasteiger partial charge in [-0.2, -0.15) is 0 Å². The maximum Gasteiger partial charge on any atom is 0.180 e. The fraction of sp³-hybridized carbons (Fsp3) is 0.154. The van der Waals surface area contributed by atoms with E-state index in [-0.39, 0.29) is 0 Å². The molecule has 0 N–H and O–H groups in total. The maximum atomic E-state index is 6.13. The standard InChI is InChI=1S/C13H11ClN4/c1-2-9-3-5-10(6-4-9)13-17-16-12-8-15-7-11(14)18(12)13/h3-8H,2H2,1H3. The van der Waals surface area contributed by atoms with Gasteiger partial charge in [0.15, 0.2) is 11.5 Å². The van der Waals surface area contributed by atoms with Gasteiger partial charge in [-0.05, 0) is 12.0 Å². The minimum absolute atomic E-state index is 0.507. The van der Waals surface area contributed by atoms with E-state index >= 15 is 0 Å². The highest BCUT2D eigenvalue weighted by molar-refractivity contribution is 6.29. The molecule has 0 atom stereocenters. The number of aromatic nitrogens is 4. The SMILES string of the molecule is CCc1ccc(-c2nnc3cncc(Cl)n23)cc1. The second-order valence-electron chi connectivity index (χ2n) is 4.00. The molecule has 1 aromatic carbocycles. The molecule has 0 aliphatic heterocycles. The summed E-state index contributed by atoms with van der Waals surface area (Å²) in [5.41, 5.74) is 2.94. The van der Waals surface area contributed by atoms with Crippen LogP contribution in [-0.2, 0) is 6.42 Å². The molecule has 0 fully saturated rings. The summed E-state index contributed by atoms with van der Waals surface area (Å²) in [6.07, 6.45) is 4.25. The van der Waals surface area contributed by atoms with Crippen molar-refractivity contribution in [3.05, 3.63) is 47.4 Å². The van der Waals surface area contributed by atoms with Gasteiger partial charge in [-0.15, -0.1) is 10.2 Å². The summed E-state index contributed by atoms with van der Waals surface area (Å²) < 4.78 is 1.79. The summed E-state index contributed by atoms with van der Waals surface area (Å²) in [5, 5.41) is 8.74. The predicted molar refractivity (Wildman–Crippen MR) is 70.6 cm³/mol. The summed E-state index contributed by atoms with van der Waals surface area (Å²) >= 11 is 6.13. The second kappa shape index (κ2) is 4.38. The minimum atomic E-state index is 0.507. The summed E-state index contributed by atoms with van der Waals surface area (Å²) in [5.74, 6) is 0.736. The first kappa shape index (κ1) is 11.2. The molecule has 0 bridgehead atoms. The zero-order valence-corrected chi connectivity index (χ0v) is 10.6. The molecule has 0 saturated heterocycles. The van der Waals surface area contributed by atoms with Crippen LogP contribution in [0.4, 0.5) is 0 Å². The fourth-order valence-electron chi connectivity index (χ4n) is 1.89. The second-order valence-corrected chi connectivity index (χ2v) is 4.38. The lowest BCUT2D eigenvalue weighted by Crippen LogP contribution is -1.92. The minimum Gasteiger partial charge on any atom is -0.262 e. The normalized spacial score (nSPS) is 11.0. The van der Waals surface area contributed by atoms with Crippen LogP contribution in [0.2, 0.25) is 5.15 Å². The Kier molecular flexibility index (Phi) is 2.72. The number of hydrogen-bond acceptors (Lipinski definition) is 3. The molecule has 3 aromatic rings. The number of hydrogen-bond donors (Lipinski definition) is 0. The molecule has 18 heavy (non-hydrogen) atoms. The molecule has 5 heteroatoms. The number of fused-ring (bicyclic) bond motifs is 1. The van der Waals surface area contributed by atoms with Gasteiger partial charge in [-0.25, -0.2) is 0 Å². The van der Waals surface area contributed by atoms with E-state index in [2.05, 4.69) is 34.2 Å². The van der Waals surface area contributed by atoms with Crippen molar-refractivity contribution in [1.82, 2.24) is 19.6 Å². The first-order valence-electron chi connectivity index (χ1n) is 5.73. The Hall–Kier alpha value is -1.94. The molecule has 0 saturated carbocycles. The van der Waals surface area contributed by atoms with Crippen molar-refractivity contribution in [3.8, 4) is 11.4 Å². The lowest BCUT2D eigenvalue weighted by atomic mass is 10.1. The van der Waals surface area contributed by atoms with Crippen molar-refractivity contribution in [2.75, 3.05) is 0 Å². The lowest BCUT2D eigenvalue weighted by Gasteiger charge is -2.02. The first-order valence-corrected chi connectivity index (χ1v) is 6.11. The van der Waals surface area contributed by atoms with E-state index in [9.17, 15) is 0 Å². The van der Waals surface area contributed by atoms with Crippen LogP contribution in [0.1, 0.15) is 12.5 Å². The van der Waals surface area contributed by atoms with Crippen molar-refractivity contribution in [1.29, 1.82) is 0 Å². The van der Waals surface area contributed by atoms with E-state index < -0.39 is 0 Å². The number of nitrogens with zero attached hydrogens (tertiary/aromatic N) is 4. The van der Waals surface area contributed by atoms with Crippen LogP contribution in [0.25, 0.3) is 17.0 Å². The molecule has 2 heterocycles. The molecule has 2 aromatic heterocycles. The van der Waals surface area contributed by atoms with Gasteiger partial charge in [-0.3, -0.25) is 9.38 Å². The Morgan fingerprint density at radius 3 is 2.61 bits per heavy atom. The first-order chi connectivity index (χ1) is 8.79. The predicted octanol–water partition coefficient (Wildman–Crippen LogP) is 3.01. The van der Waals surface area contributed by atoms with Gasteiger partial charge >= 0.3 is 0 Å². The fourth-order valence-corrected chi connectivity index (χ4v) is 2.11. The van der Waals surface area contributed by atoms with Crippen molar-refractivity contribution in [2.45, 2.75) is 13.3 Å². The van der Waals surface area contributed by atoms with Crippen molar-refractivity contribution in [3.63, 3.8) is 0 Å². The third-order valence-electron chi connectivity index (χ3n) is 2.89. The monoisotopic (exact) mass is 258 g/mol. The number of rotatable bonds is 2. The lowest BCUT2D eigenvalue weighted by molar-refractivity contribution is 1.10. The Labute approximate surface area is 109 Å². The summed E-state index contributed by atoms with van der Waals surface area (Å²) in [6.45, 7) is 2.13. The Balaban J connectivity index is 2.18. The third kappa shape index (κ3) is 1.75. The van der Waals surface area contributed by atoms with Crippen LogP contribution in [-0.4, -0.2) is 19.6 Å². The van der Waals surface area contributed by atoms with Crippen LogP contribution in [0.5, 0.6) is 0 Å².